The minimum Gasteiger partial charge on any atom is -0.391 e. The minimum atomic E-state index is -0.503. The van der Waals surface area contributed by atoms with Crippen LogP contribution in [-0.2, 0) is 17.6 Å². The Morgan fingerprint density at radius 2 is 1.97 bits per heavy atom. The van der Waals surface area contributed by atoms with Crippen molar-refractivity contribution in [3.63, 3.8) is 0 Å². The standard InChI is InChI=1S/C28H26FN3O3/c29-17-6-3-5-16(13-17)19-8-4-10-23-25(19)21(27(34)31-23)14-24-26(20-7-1-2-9-22(20)30-24)28(35)32-12-11-18(33)15-32/h3-6,8,10,13-14,18,30,33H,1-2,7,9,11-12,15H2,(H,31,34)/b21-14-. The van der Waals surface area contributed by atoms with Crippen LogP contribution in [0.15, 0.2) is 42.5 Å². The normalized spacial score (nSPS) is 20.2. The van der Waals surface area contributed by atoms with E-state index in [2.05, 4.69) is 10.3 Å². The molecule has 0 radical (unpaired) electrons. The van der Waals surface area contributed by atoms with Crippen molar-refractivity contribution >= 4 is 29.2 Å². The summed E-state index contributed by atoms with van der Waals surface area (Å²) in [5.74, 6) is -0.711. The Morgan fingerprint density at radius 3 is 2.77 bits per heavy atom. The Labute approximate surface area is 202 Å². The summed E-state index contributed by atoms with van der Waals surface area (Å²) >= 11 is 0. The van der Waals surface area contributed by atoms with Crippen LogP contribution in [0, 0.1) is 5.82 Å². The zero-order valence-electron chi connectivity index (χ0n) is 19.2. The first-order valence-electron chi connectivity index (χ1n) is 12.1. The van der Waals surface area contributed by atoms with Gasteiger partial charge in [0.1, 0.15) is 5.82 Å². The number of anilines is 1. The fourth-order valence-electron chi connectivity index (χ4n) is 5.57. The second-order valence-corrected chi connectivity index (χ2v) is 9.52. The number of carbonyl (C=O) groups is 2. The number of rotatable bonds is 3. The Balaban J connectivity index is 1.50. The fraction of sp³-hybridized carbons (Fsp3) is 0.286. The van der Waals surface area contributed by atoms with Gasteiger partial charge in [0, 0.05) is 30.0 Å². The van der Waals surface area contributed by atoms with E-state index in [0.717, 1.165) is 42.5 Å². The maximum absolute atomic E-state index is 14.0. The molecule has 1 atom stereocenters. The monoisotopic (exact) mass is 471 g/mol. The zero-order valence-corrected chi connectivity index (χ0v) is 19.2. The Hall–Kier alpha value is -3.71. The molecular weight excluding hydrogens is 445 g/mol. The Bertz CT molecular complexity index is 1390. The number of aliphatic hydroxyl groups is 1. The van der Waals surface area contributed by atoms with Crippen molar-refractivity contribution in [2.45, 2.75) is 38.2 Å². The van der Waals surface area contributed by atoms with E-state index >= 15 is 0 Å². The smallest absolute Gasteiger partial charge is 0.256 e. The molecule has 35 heavy (non-hydrogen) atoms. The second kappa shape index (κ2) is 8.50. The van der Waals surface area contributed by atoms with Crippen molar-refractivity contribution in [1.29, 1.82) is 0 Å². The quantitative estimate of drug-likeness (QED) is 0.495. The summed E-state index contributed by atoms with van der Waals surface area (Å²) in [5, 5.41) is 12.9. The van der Waals surface area contributed by atoms with Gasteiger partial charge in [0.05, 0.1) is 22.9 Å². The maximum Gasteiger partial charge on any atom is 0.256 e. The largest absolute Gasteiger partial charge is 0.391 e. The van der Waals surface area contributed by atoms with Crippen molar-refractivity contribution in [3.05, 3.63) is 76.4 Å². The number of H-pyrrole nitrogens is 1. The molecule has 6 nitrogen and oxygen atoms in total. The molecule has 2 amide bonds. The number of halogens is 1. The second-order valence-electron chi connectivity index (χ2n) is 9.52. The van der Waals surface area contributed by atoms with Crippen molar-refractivity contribution in [3.8, 4) is 11.1 Å². The molecule has 2 aliphatic heterocycles. The van der Waals surface area contributed by atoms with Crippen LogP contribution in [0.4, 0.5) is 10.1 Å². The Morgan fingerprint density at radius 1 is 1.14 bits per heavy atom. The van der Waals surface area contributed by atoms with Crippen LogP contribution in [-0.4, -0.2) is 46.0 Å². The molecule has 0 saturated carbocycles. The number of aliphatic hydroxyl groups excluding tert-OH is 1. The summed E-state index contributed by atoms with van der Waals surface area (Å²) in [6.45, 7) is 0.838. The summed E-state index contributed by atoms with van der Waals surface area (Å²) in [6, 6.07) is 11.9. The van der Waals surface area contributed by atoms with Crippen LogP contribution in [0.3, 0.4) is 0 Å². The first kappa shape index (κ1) is 21.8. The van der Waals surface area contributed by atoms with E-state index in [4.69, 9.17) is 0 Å². The van der Waals surface area contributed by atoms with E-state index in [0.29, 0.717) is 53.2 Å². The molecule has 1 unspecified atom stereocenters. The highest BCUT2D eigenvalue weighted by molar-refractivity contribution is 6.36. The molecule has 6 rings (SSSR count). The van der Waals surface area contributed by atoms with E-state index in [9.17, 15) is 19.1 Å². The van der Waals surface area contributed by atoms with Gasteiger partial charge in [-0.1, -0.05) is 24.3 Å². The Kier molecular flexibility index (Phi) is 5.29. The molecule has 3 N–H and O–H groups in total. The first-order valence-corrected chi connectivity index (χ1v) is 12.1. The number of nitrogens with zero attached hydrogens (tertiary/aromatic N) is 1. The van der Waals surface area contributed by atoms with Crippen LogP contribution < -0.4 is 5.32 Å². The number of nitrogens with one attached hydrogen (secondary N) is 2. The molecular formula is C28H26FN3O3. The third kappa shape index (κ3) is 3.76. The van der Waals surface area contributed by atoms with E-state index in [-0.39, 0.29) is 17.6 Å². The SMILES string of the molecule is O=C1Nc2cccc(-c3cccc(F)c3)c2/C1=C/c1[nH]c2c(c1C(=O)N1CCC(O)C1)CCCC2. The van der Waals surface area contributed by atoms with Crippen LogP contribution in [0.2, 0.25) is 0 Å². The van der Waals surface area contributed by atoms with Crippen LogP contribution in [0.5, 0.6) is 0 Å². The summed E-state index contributed by atoms with van der Waals surface area (Å²) < 4.78 is 14.0. The predicted octanol–water partition coefficient (Wildman–Crippen LogP) is 4.40. The highest BCUT2D eigenvalue weighted by atomic mass is 19.1. The number of aromatic nitrogens is 1. The van der Waals surface area contributed by atoms with Gasteiger partial charge in [0.15, 0.2) is 0 Å². The van der Waals surface area contributed by atoms with E-state index < -0.39 is 6.10 Å². The third-order valence-corrected chi connectivity index (χ3v) is 7.24. The van der Waals surface area contributed by atoms with Crippen molar-refractivity contribution < 1.29 is 19.1 Å². The zero-order chi connectivity index (χ0) is 24.1. The maximum atomic E-state index is 14.0. The van der Waals surface area contributed by atoms with Gasteiger partial charge in [-0.15, -0.1) is 0 Å². The first-order chi connectivity index (χ1) is 17.0. The molecule has 1 aromatic heterocycles. The topological polar surface area (TPSA) is 85.4 Å². The van der Waals surface area contributed by atoms with Gasteiger partial charge in [0.2, 0.25) is 0 Å². The summed E-state index contributed by atoms with van der Waals surface area (Å²) in [4.78, 5) is 31.8. The van der Waals surface area contributed by atoms with Gasteiger partial charge in [0.25, 0.3) is 11.8 Å². The van der Waals surface area contributed by atoms with Crippen LogP contribution >= 0.6 is 0 Å². The number of aromatic amines is 1. The molecule has 1 saturated heterocycles. The average molecular weight is 472 g/mol. The average Bonchev–Trinajstić information content (AvgIpc) is 3.54. The highest BCUT2D eigenvalue weighted by Crippen LogP contribution is 2.41. The number of carbonyl (C=O) groups excluding carboxylic acids is 2. The summed E-state index contributed by atoms with van der Waals surface area (Å²) in [6.07, 6.45) is 5.56. The minimum absolute atomic E-state index is 0.107. The van der Waals surface area contributed by atoms with Gasteiger partial charge < -0.3 is 20.3 Å². The number of likely N-dealkylation sites (tertiary alicyclic amines) is 1. The van der Waals surface area contributed by atoms with Gasteiger partial charge in [-0.25, -0.2) is 4.39 Å². The van der Waals surface area contributed by atoms with E-state index in [1.165, 1.54) is 12.1 Å². The van der Waals surface area contributed by atoms with E-state index in [1.54, 1.807) is 17.0 Å². The molecule has 1 fully saturated rings. The fourth-order valence-corrected chi connectivity index (χ4v) is 5.57. The van der Waals surface area contributed by atoms with Crippen molar-refractivity contribution in [2.75, 3.05) is 18.4 Å². The molecule has 7 heteroatoms. The molecule has 0 spiro atoms. The highest BCUT2D eigenvalue weighted by Gasteiger charge is 2.33. The van der Waals surface area contributed by atoms with Crippen LogP contribution in [0.1, 0.15) is 52.1 Å². The number of benzene rings is 2. The lowest BCUT2D eigenvalue weighted by atomic mass is 9.92. The number of aryl methyl sites for hydroxylation is 1. The number of β-amino-alcohol motifs (C(OH)–C–C–N with tert-alkyl or cyclic N) is 1. The lowest BCUT2D eigenvalue weighted by Gasteiger charge is -2.18. The van der Waals surface area contributed by atoms with Crippen molar-refractivity contribution in [2.24, 2.45) is 0 Å². The van der Waals surface area contributed by atoms with Crippen molar-refractivity contribution in [1.82, 2.24) is 9.88 Å². The lowest BCUT2D eigenvalue weighted by Crippen LogP contribution is -2.30. The molecule has 3 aliphatic rings. The van der Waals surface area contributed by atoms with Gasteiger partial charge >= 0.3 is 0 Å². The number of amides is 2. The summed E-state index contributed by atoms with van der Waals surface area (Å²) in [5.41, 5.74) is 6.52. The van der Waals surface area contributed by atoms with Gasteiger partial charge in [-0.2, -0.15) is 0 Å². The van der Waals surface area contributed by atoms with Gasteiger partial charge in [-0.3, -0.25) is 9.59 Å². The van der Waals surface area contributed by atoms with Gasteiger partial charge in [-0.05, 0) is 73.1 Å². The predicted molar refractivity (Wildman–Crippen MR) is 132 cm³/mol. The number of hydrogen-bond donors (Lipinski definition) is 3. The molecule has 3 heterocycles. The molecule has 0 bridgehead atoms. The molecule has 2 aromatic carbocycles. The lowest BCUT2D eigenvalue weighted by molar-refractivity contribution is -0.110. The summed E-state index contributed by atoms with van der Waals surface area (Å²) in [7, 11) is 0. The molecule has 178 valence electrons. The van der Waals surface area contributed by atoms with Crippen LogP contribution in [0.25, 0.3) is 22.8 Å². The number of hydrogen-bond acceptors (Lipinski definition) is 3. The third-order valence-electron chi connectivity index (χ3n) is 7.24. The molecule has 1 aliphatic carbocycles. The number of fused-ring (bicyclic) bond motifs is 2. The van der Waals surface area contributed by atoms with E-state index in [1.807, 2.05) is 24.3 Å². The molecule has 3 aromatic rings.